The Morgan fingerprint density at radius 2 is 2.06 bits per heavy atom. The van der Waals surface area contributed by atoms with Crippen molar-refractivity contribution in [1.29, 1.82) is 0 Å². The van der Waals surface area contributed by atoms with Crippen molar-refractivity contribution < 1.29 is 4.79 Å². The van der Waals surface area contributed by atoms with Crippen molar-refractivity contribution in [3.8, 4) is 0 Å². The summed E-state index contributed by atoms with van der Waals surface area (Å²) in [5, 5.41) is 7.72. The van der Waals surface area contributed by atoms with Gasteiger partial charge in [0, 0.05) is 12.1 Å². The van der Waals surface area contributed by atoms with Crippen molar-refractivity contribution in [2.45, 2.75) is 19.9 Å². The van der Waals surface area contributed by atoms with Crippen molar-refractivity contribution in [2.75, 3.05) is 5.73 Å². The van der Waals surface area contributed by atoms with E-state index >= 15 is 0 Å². The summed E-state index contributed by atoms with van der Waals surface area (Å²) in [6.07, 6.45) is 0.895. The number of anilines is 1. The van der Waals surface area contributed by atoms with Crippen molar-refractivity contribution in [1.82, 2.24) is 15.0 Å². The summed E-state index contributed by atoms with van der Waals surface area (Å²) in [6.45, 7) is 2.68. The van der Waals surface area contributed by atoms with E-state index in [9.17, 15) is 4.79 Å². The van der Waals surface area contributed by atoms with Gasteiger partial charge in [-0.2, -0.15) is 0 Å². The van der Waals surface area contributed by atoms with E-state index in [1.165, 1.54) is 0 Å². The van der Waals surface area contributed by atoms with Crippen LogP contribution in [0.15, 0.2) is 30.3 Å². The molecule has 0 aliphatic rings. The standard InChI is InChI=1S/C12H14N4O/c1-2-8-16-12(13)10(14-15-16)11(17)9-6-4-3-5-7-9/h3-7H,2,8,13H2,1H3. The molecule has 1 aromatic carbocycles. The molecule has 0 unspecified atom stereocenters. The second-order valence-electron chi connectivity index (χ2n) is 3.74. The maximum absolute atomic E-state index is 12.1. The van der Waals surface area contributed by atoms with Gasteiger partial charge < -0.3 is 5.73 Å². The van der Waals surface area contributed by atoms with Gasteiger partial charge in [0.25, 0.3) is 0 Å². The van der Waals surface area contributed by atoms with Crippen LogP contribution in [0.3, 0.4) is 0 Å². The topological polar surface area (TPSA) is 73.8 Å². The summed E-state index contributed by atoms with van der Waals surface area (Å²) in [6, 6.07) is 8.94. The fourth-order valence-corrected chi connectivity index (χ4v) is 1.59. The Morgan fingerprint density at radius 3 is 2.71 bits per heavy atom. The molecule has 17 heavy (non-hydrogen) atoms. The first kappa shape index (κ1) is 11.3. The Morgan fingerprint density at radius 1 is 1.35 bits per heavy atom. The summed E-state index contributed by atoms with van der Waals surface area (Å²) in [5.41, 5.74) is 6.64. The molecule has 2 rings (SSSR count). The second-order valence-corrected chi connectivity index (χ2v) is 3.74. The van der Waals surface area contributed by atoms with Crippen LogP contribution in [-0.4, -0.2) is 20.8 Å². The lowest BCUT2D eigenvalue weighted by Crippen LogP contribution is -2.08. The number of hydrogen-bond donors (Lipinski definition) is 1. The van der Waals surface area contributed by atoms with E-state index in [1.54, 1.807) is 28.9 Å². The van der Waals surface area contributed by atoms with Crippen LogP contribution in [-0.2, 0) is 6.54 Å². The van der Waals surface area contributed by atoms with Gasteiger partial charge in [0.05, 0.1) is 0 Å². The van der Waals surface area contributed by atoms with Gasteiger partial charge in [-0.1, -0.05) is 42.5 Å². The zero-order valence-electron chi connectivity index (χ0n) is 9.63. The average Bonchev–Trinajstić information content (AvgIpc) is 2.72. The predicted molar refractivity (Wildman–Crippen MR) is 64.6 cm³/mol. The Kier molecular flexibility index (Phi) is 3.18. The molecule has 88 valence electrons. The minimum absolute atomic E-state index is 0.189. The highest BCUT2D eigenvalue weighted by atomic mass is 16.1. The minimum Gasteiger partial charge on any atom is -0.382 e. The Bertz CT molecular complexity index is 519. The number of nitrogens with zero attached hydrogens (tertiary/aromatic N) is 3. The summed E-state index contributed by atoms with van der Waals surface area (Å²) < 4.78 is 1.55. The smallest absolute Gasteiger partial charge is 0.217 e. The molecule has 0 atom stereocenters. The molecule has 5 heteroatoms. The van der Waals surface area contributed by atoms with Gasteiger partial charge in [0.2, 0.25) is 5.78 Å². The number of carbonyl (C=O) groups is 1. The zero-order chi connectivity index (χ0) is 12.3. The number of ketones is 1. The maximum Gasteiger partial charge on any atom is 0.217 e. The first-order chi connectivity index (χ1) is 8.24. The van der Waals surface area contributed by atoms with Gasteiger partial charge in [-0.15, -0.1) is 5.10 Å². The third-order valence-electron chi connectivity index (χ3n) is 2.46. The van der Waals surface area contributed by atoms with Crippen molar-refractivity contribution in [3.05, 3.63) is 41.6 Å². The maximum atomic E-state index is 12.1. The van der Waals surface area contributed by atoms with Crippen LogP contribution in [0.4, 0.5) is 5.82 Å². The van der Waals surface area contributed by atoms with Crippen LogP contribution in [0.1, 0.15) is 29.4 Å². The van der Waals surface area contributed by atoms with Crippen molar-refractivity contribution >= 4 is 11.6 Å². The van der Waals surface area contributed by atoms with Gasteiger partial charge in [-0.05, 0) is 6.42 Å². The highest BCUT2D eigenvalue weighted by molar-refractivity contribution is 6.10. The molecule has 0 saturated carbocycles. The van der Waals surface area contributed by atoms with Crippen LogP contribution in [0.2, 0.25) is 0 Å². The molecule has 0 fully saturated rings. The molecule has 5 nitrogen and oxygen atoms in total. The molecule has 0 saturated heterocycles. The summed E-state index contributed by atoms with van der Waals surface area (Å²) in [7, 11) is 0. The first-order valence-electron chi connectivity index (χ1n) is 5.52. The zero-order valence-corrected chi connectivity index (χ0v) is 9.63. The fourth-order valence-electron chi connectivity index (χ4n) is 1.59. The van der Waals surface area contributed by atoms with Gasteiger partial charge in [0.1, 0.15) is 0 Å². The van der Waals surface area contributed by atoms with E-state index in [4.69, 9.17) is 5.73 Å². The van der Waals surface area contributed by atoms with Gasteiger partial charge >= 0.3 is 0 Å². The third kappa shape index (κ3) is 2.18. The van der Waals surface area contributed by atoms with Crippen LogP contribution >= 0.6 is 0 Å². The highest BCUT2D eigenvalue weighted by Crippen LogP contribution is 2.13. The second kappa shape index (κ2) is 4.78. The van der Waals surface area contributed by atoms with Gasteiger partial charge in [-0.25, -0.2) is 4.68 Å². The molecule has 0 bridgehead atoms. The Balaban J connectivity index is 2.32. The van der Waals surface area contributed by atoms with Crippen molar-refractivity contribution in [2.24, 2.45) is 0 Å². The highest BCUT2D eigenvalue weighted by Gasteiger charge is 2.18. The van der Waals surface area contributed by atoms with Crippen LogP contribution in [0, 0.1) is 0 Å². The molecule has 1 heterocycles. The third-order valence-corrected chi connectivity index (χ3v) is 2.46. The number of aryl methyl sites for hydroxylation is 1. The average molecular weight is 230 g/mol. The molecule has 1 aromatic heterocycles. The quantitative estimate of drug-likeness (QED) is 0.808. The number of nitrogens with two attached hydrogens (primary N) is 1. The number of nitrogen functional groups attached to an aromatic ring is 1. The van der Waals surface area contributed by atoms with Crippen molar-refractivity contribution in [3.63, 3.8) is 0 Å². The number of aromatic nitrogens is 3. The molecule has 2 N–H and O–H groups in total. The molecule has 0 amide bonds. The summed E-state index contributed by atoms with van der Waals surface area (Å²) in [4.78, 5) is 12.1. The molecule has 0 radical (unpaired) electrons. The summed E-state index contributed by atoms with van der Waals surface area (Å²) >= 11 is 0. The lowest BCUT2D eigenvalue weighted by atomic mass is 10.1. The summed E-state index contributed by atoms with van der Waals surface area (Å²) in [5.74, 6) is 0.145. The monoisotopic (exact) mass is 230 g/mol. The molecule has 0 spiro atoms. The van der Waals surface area contributed by atoms with Crippen LogP contribution < -0.4 is 5.73 Å². The van der Waals surface area contributed by atoms with Crippen LogP contribution in [0.5, 0.6) is 0 Å². The molecule has 0 aliphatic heterocycles. The number of hydrogen-bond acceptors (Lipinski definition) is 4. The Labute approximate surface area is 99.2 Å². The first-order valence-corrected chi connectivity index (χ1v) is 5.52. The number of benzene rings is 1. The van der Waals surface area contributed by atoms with E-state index < -0.39 is 0 Å². The minimum atomic E-state index is -0.189. The van der Waals surface area contributed by atoms with E-state index in [0.717, 1.165) is 6.42 Å². The number of rotatable bonds is 4. The van der Waals surface area contributed by atoms with E-state index in [2.05, 4.69) is 10.3 Å². The number of carbonyl (C=O) groups excluding carboxylic acids is 1. The van der Waals surface area contributed by atoms with E-state index in [-0.39, 0.29) is 11.5 Å². The lowest BCUT2D eigenvalue weighted by Gasteiger charge is -2.00. The van der Waals surface area contributed by atoms with E-state index in [1.807, 2.05) is 13.0 Å². The predicted octanol–water partition coefficient (Wildman–Crippen LogP) is 1.50. The van der Waals surface area contributed by atoms with Gasteiger partial charge in [0.15, 0.2) is 11.5 Å². The normalized spacial score (nSPS) is 10.4. The SMILES string of the molecule is CCCn1nnc(C(=O)c2ccccc2)c1N. The Hall–Kier alpha value is -2.17. The van der Waals surface area contributed by atoms with Crippen LogP contribution in [0.25, 0.3) is 0 Å². The molecule has 2 aromatic rings. The van der Waals surface area contributed by atoms with Gasteiger partial charge in [-0.3, -0.25) is 4.79 Å². The molecule has 0 aliphatic carbocycles. The van der Waals surface area contributed by atoms with E-state index in [0.29, 0.717) is 17.9 Å². The molecular formula is C12H14N4O. The lowest BCUT2D eigenvalue weighted by molar-refractivity contribution is 0.103. The molecular weight excluding hydrogens is 216 g/mol. The fraction of sp³-hybridized carbons (Fsp3) is 0.250. The largest absolute Gasteiger partial charge is 0.382 e.